The van der Waals surface area contributed by atoms with Gasteiger partial charge in [-0.25, -0.2) is 4.98 Å². The lowest BCUT2D eigenvalue weighted by Crippen LogP contribution is -2.19. The molecule has 0 aliphatic carbocycles. The van der Waals surface area contributed by atoms with Crippen LogP contribution in [-0.4, -0.2) is 17.5 Å². The van der Waals surface area contributed by atoms with Crippen LogP contribution in [-0.2, 0) is 4.79 Å². The number of hydrogen-bond acceptors (Lipinski definition) is 4. The minimum atomic E-state index is -0.218. The molecule has 130 valence electrons. The van der Waals surface area contributed by atoms with Crippen molar-refractivity contribution in [3.05, 3.63) is 52.5 Å². The van der Waals surface area contributed by atoms with Crippen molar-refractivity contribution in [3.8, 4) is 5.75 Å². The lowest BCUT2D eigenvalue weighted by atomic mass is 9.99. The fourth-order valence-corrected chi connectivity index (χ4v) is 3.57. The smallest absolute Gasteiger partial charge is 0.264 e. The molecule has 1 heterocycles. The molecule has 0 spiro atoms. The fraction of sp³-hybridized carbons (Fsp3) is 0.263. The fourth-order valence-electron chi connectivity index (χ4n) is 2.37. The van der Waals surface area contributed by atoms with Crippen LogP contribution in [0.2, 0.25) is 0 Å². The summed E-state index contributed by atoms with van der Waals surface area (Å²) in [5.74, 6) is 0.953. The molecule has 1 N–H and O–H groups in total. The maximum absolute atomic E-state index is 12.1. The number of fused-ring (bicyclic) bond motifs is 1. The predicted octanol–water partition coefficient (Wildman–Crippen LogP) is 5.59. The van der Waals surface area contributed by atoms with Gasteiger partial charge in [-0.3, -0.25) is 10.1 Å². The van der Waals surface area contributed by atoms with Gasteiger partial charge in [0.25, 0.3) is 5.91 Å². The van der Waals surface area contributed by atoms with Gasteiger partial charge >= 0.3 is 0 Å². The Morgan fingerprint density at radius 2 is 2.04 bits per heavy atom. The number of carbonyl (C=O) groups excluding carboxylic acids is 1. The molecule has 3 aromatic rings. The lowest BCUT2D eigenvalue weighted by molar-refractivity contribution is -0.118. The minimum absolute atomic E-state index is 0.0460. The van der Waals surface area contributed by atoms with Gasteiger partial charge in [-0.05, 0) is 54.3 Å². The molecule has 0 radical (unpaired) electrons. The van der Waals surface area contributed by atoms with Crippen LogP contribution in [0.1, 0.15) is 31.7 Å². The standard InChI is InChI=1S/C19H19BrN2O2S/c1-3-12(2)13-4-9-16-17(10-13)25-19(21-16)22-18(23)11-24-15-7-5-14(20)6-8-15/h4-10,12H,3,11H2,1-2H3,(H,21,22,23). The Labute approximate surface area is 159 Å². The number of benzene rings is 2. The van der Waals surface area contributed by atoms with E-state index in [2.05, 4.69) is 52.2 Å². The number of carbonyl (C=O) groups is 1. The molecule has 1 unspecified atom stereocenters. The second-order valence-corrected chi connectivity index (χ2v) is 7.79. The number of anilines is 1. The van der Waals surface area contributed by atoms with Gasteiger partial charge in [0.2, 0.25) is 0 Å². The molecular formula is C19H19BrN2O2S. The van der Waals surface area contributed by atoms with E-state index < -0.39 is 0 Å². The quantitative estimate of drug-likeness (QED) is 0.567. The van der Waals surface area contributed by atoms with Crippen molar-refractivity contribution in [1.82, 2.24) is 4.98 Å². The van der Waals surface area contributed by atoms with Crippen molar-refractivity contribution >= 4 is 48.5 Å². The van der Waals surface area contributed by atoms with Crippen molar-refractivity contribution in [2.75, 3.05) is 11.9 Å². The van der Waals surface area contributed by atoms with E-state index in [4.69, 9.17) is 4.74 Å². The maximum Gasteiger partial charge on any atom is 0.264 e. The highest BCUT2D eigenvalue weighted by atomic mass is 79.9. The highest BCUT2D eigenvalue weighted by Gasteiger charge is 2.11. The van der Waals surface area contributed by atoms with Gasteiger partial charge in [-0.2, -0.15) is 0 Å². The van der Waals surface area contributed by atoms with Crippen molar-refractivity contribution in [1.29, 1.82) is 0 Å². The largest absolute Gasteiger partial charge is 0.484 e. The summed E-state index contributed by atoms with van der Waals surface area (Å²) < 4.78 is 7.53. The zero-order valence-electron chi connectivity index (χ0n) is 14.1. The molecule has 3 rings (SSSR count). The van der Waals surface area contributed by atoms with Crippen molar-refractivity contribution in [2.24, 2.45) is 0 Å². The van der Waals surface area contributed by atoms with E-state index in [9.17, 15) is 4.79 Å². The molecule has 0 aliphatic heterocycles. The Morgan fingerprint density at radius 3 is 2.76 bits per heavy atom. The van der Waals surface area contributed by atoms with Gasteiger partial charge in [-0.15, -0.1) is 0 Å². The van der Waals surface area contributed by atoms with Crippen LogP contribution in [0, 0.1) is 0 Å². The van der Waals surface area contributed by atoms with E-state index in [1.54, 1.807) is 0 Å². The zero-order valence-corrected chi connectivity index (χ0v) is 16.5. The molecule has 0 fully saturated rings. The summed E-state index contributed by atoms with van der Waals surface area (Å²) in [4.78, 5) is 16.5. The van der Waals surface area contributed by atoms with Crippen LogP contribution in [0.5, 0.6) is 5.75 Å². The molecule has 1 atom stereocenters. The molecule has 0 saturated heterocycles. The Balaban J connectivity index is 1.63. The van der Waals surface area contributed by atoms with Crippen molar-refractivity contribution in [3.63, 3.8) is 0 Å². The van der Waals surface area contributed by atoms with Crippen LogP contribution < -0.4 is 10.1 Å². The van der Waals surface area contributed by atoms with Gasteiger partial charge in [0.1, 0.15) is 5.75 Å². The second kappa shape index (κ2) is 7.97. The summed E-state index contributed by atoms with van der Waals surface area (Å²) in [7, 11) is 0. The van der Waals surface area contributed by atoms with E-state index in [1.807, 2.05) is 30.3 Å². The summed E-state index contributed by atoms with van der Waals surface area (Å²) in [6.07, 6.45) is 1.10. The number of rotatable bonds is 6. The third-order valence-electron chi connectivity index (χ3n) is 4.02. The first-order valence-electron chi connectivity index (χ1n) is 8.14. The first kappa shape index (κ1) is 17.9. The molecule has 4 nitrogen and oxygen atoms in total. The summed E-state index contributed by atoms with van der Waals surface area (Å²) in [6.45, 7) is 4.35. The van der Waals surface area contributed by atoms with E-state index >= 15 is 0 Å². The van der Waals surface area contributed by atoms with Crippen molar-refractivity contribution < 1.29 is 9.53 Å². The average molecular weight is 419 g/mol. The average Bonchev–Trinajstić information content (AvgIpc) is 3.01. The predicted molar refractivity (Wildman–Crippen MR) is 107 cm³/mol. The molecule has 6 heteroatoms. The van der Waals surface area contributed by atoms with Gasteiger partial charge in [-0.1, -0.05) is 47.2 Å². The Hall–Kier alpha value is -1.92. The van der Waals surface area contributed by atoms with Gasteiger partial charge in [0.15, 0.2) is 11.7 Å². The SMILES string of the molecule is CCC(C)c1ccc2nc(NC(=O)COc3ccc(Br)cc3)sc2c1. The zero-order chi connectivity index (χ0) is 17.8. The Morgan fingerprint density at radius 1 is 1.28 bits per heavy atom. The topological polar surface area (TPSA) is 51.2 Å². The molecule has 0 bridgehead atoms. The second-order valence-electron chi connectivity index (χ2n) is 5.85. The van der Waals surface area contributed by atoms with E-state index in [0.29, 0.717) is 16.8 Å². The number of nitrogens with one attached hydrogen (secondary N) is 1. The number of hydrogen-bond donors (Lipinski definition) is 1. The molecule has 1 aromatic heterocycles. The van der Waals surface area contributed by atoms with E-state index in [-0.39, 0.29) is 12.5 Å². The normalized spacial score (nSPS) is 12.1. The summed E-state index contributed by atoms with van der Waals surface area (Å²) >= 11 is 4.85. The third-order valence-corrected chi connectivity index (χ3v) is 5.49. The Bertz CT molecular complexity index is 877. The number of halogens is 1. The molecule has 2 aromatic carbocycles. The molecule has 1 amide bonds. The van der Waals surface area contributed by atoms with Crippen LogP contribution >= 0.6 is 27.3 Å². The van der Waals surface area contributed by atoms with Crippen LogP contribution in [0.3, 0.4) is 0 Å². The highest BCUT2D eigenvalue weighted by Crippen LogP contribution is 2.30. The minimum Gasteiger partial charge on any atom is -0.484 e. The molecular weight excluding hydrogens is 400 g/mol. The van der Waals surface area contributed by atoms with Gasteiger partial charge < -0.3 is 4.74 Å². The van der Waals surface area contributed by atoms with Gasteiger partial charge in [0.05, 0.1) is 10.2 Å². The van der Waals surface area contributed by atoms with Crippen molar-refractivity contribution in [2.45, 2.75) is 26.2 Å². The maximum atomic E-state index is 12.1. The summed E-state index contributed by atoms with van der Waals surface area (Å²) in [5.41, 5.74) is 2.20. The number of thiazole rings is 1. The molecule has 25 heavy (non-hydrogen) atoms. The first-order valence-corrected chi connectivity index (χ1v) is 9.75. The highest BCUT2D eigenvalue weighted by molar-refractivity contribution is 9.10. The van der Waals surface area contributed by atoms with Crippen LogP contribution in [0.25, 0.3) is 10.2 Å². The van der Waals surface area contributed by atoms with E-state index in [0.717, 1.165) is 21.1 Å². The summed E-state index contributed by atoms with van der Waals surface area (Å²) in [5, 5.41) is 3.41. The third kappa shape index (κ3) is 4.58. The molecule has 0 aliphatic rings. The van der Waals surface area contributed by atoms with Crippen LogP contribution in [0.4, 0.5) is 5.13 Å². The van der Waals surface area contributed by atoms with E-state index in [1.165, 1.54) is 16.9 Å². The van der Waals surface area contributed by atoms with Crippen LogP contribution in [0.15, 0.2) is 46.9 Å². The number of ether oxygens (including phenoxy) is 1. The Kier molecular flexibility index (Phi) is 5.71. The number of aromatic nitrogens is 1. The lowest BCUT2D eigenvalue weighted by Gasteiger charge is -2.07. The first-order chi connectivity index (χ1) is 12.0. The molecule has 0 saturated carbocycles. The van der Waals surface area contributed by atoms with Gasteiger partial charge in [0, 0.05) is 4.47 Å². The summed E-state index contributed by atoms with van der Waals surface area (Å²) in [6, 6.07) is 13.7. The monoisotopic (exact) mass is 418 g/mol. The number of nitrogens with zero attached hydrogens (tertiary/aromatic N) is 1. The number of amides is 1.